The van der Waals surface area contributed by atoms with Crippen molar-refractivity contribution in [1.29, 1.82) is 0 Å². The number of aryl methyl sites for hydroxylation is 1. The number of hydrogen-bond donors (Lipinski definition) is 2. The van der Waals surface area contributed by atoms with Gasteiger partial charge in [-0.3, -0.25) is 11.3 Å². The Labute approximate surface area is 114 Å². The third kappa shape index (κ3) is 3.20. The minimum atomic E-state index is -0.117. The van der Waals surface area contributed by atoms with E-state index in [1.165, 1.54) is 5.56 Å². The van der Waals surface area contributed by atoms with Crippen LogP contribution in [0.5, 0.6) is 0 Å². The SMILES string of the molecule is COC(c1ccccc1)C(NN)c1ccc(C)cc1. The normalized spacial score (nSPS) is 14.1. The fourth-order valence-electron chi connectivity index (χ4n) is 2.24. The molecule has 0 aliphatic carbocycles. The maximum Gasteiger partial charge on any atom is 0.103 e. The summed E-state index contributed by atoms with van der Waals surface area (Å²) < 4.78 is 5.63. The van der Waals surface area contributed by atoms with Crippen molar-refractivity contribution in [3.05, 3.63) is 71.3 Å². The van der Waals surface area contributed by atoms with Gasteiger partial charge in [-0.1, -0.05) is 60.2 Å². The maximum atomic E-state index is 5.73. The second-order valence-electron chi connectivity index (χ2n) is 4.62. The number of hydrogen-bond acceptors (Lipinski definition) is 3. The van der Waals surface area contributed by atoms with Gasteiger partial charge in [-0.15, -0.1) is 0 Å². The molecule has 19 heavy (non-hydrogen) atoms. The summed E-state index contributed by atoms with van der Waals surface area (Å²) in [7, 11) is 1.70. The van der Waals surface area contributed by atoms with Crippen LogP contribution in [0.1, 0.15) is 28.8 Å². The molecule has 3 nitrogen and oxygen atoms in total. The molecule has 0 bridgehead atoms. The molecule has 0 aromatic heterocycles. The van der Waals surface area contributed by atoms with Crippen molar-refractivity contribution >= 4 is 0 Å². The molecule has 2 unspecified atom stereocenters. The van der Waals surface area contributed by atoms with Gasteiger partial charge in [0, 0.05) is 7.11 Å². The molecular weight excluding hydrogens is 236 g/mol. The second-order valence-corrected chi connectivity index (χ2v) is 4.62. The quantitative estimate of drug-likeness (QED) is 0.639. The van der Waals surface area contributed by atoms with Gasteiger partial charge in [-0.25, -0.2) is 0 Å². The molecule has 0 aliphatic heterocycles. The van der Waals surface area contributed by atoms with E-state index in [4.69, 9.17) is 10.6 Å². The highest BCUT2D eigenvalue weighted by Crippen LogP contribution is 2.30. The molecule has 3 N–H and O–H groups in total. The van der Waals surface area contributed by atoms with Crippen molar-refractivity contribution in [2.24, 2.45) is 5.84 Å². The van der Waals surface area contributed by atoms with E-state index in [0.717, 1.165) is 11.1 Å². The van der Waals surface area contributed by atoms with E-state index in [0.29, 0.717) is 0 Å². The van der Waals surface area contributed by atoms with Gasteiger partial charge in [0.25, 0.3) is 0 Å². The first-order valence-corrected chi connectivity index (χ1v) is 6.36. The molecule has 2 rings (SSSR count). The first-order valence-electron chi connectivity index (χ1n) is 6.36. The Morgan fingerprint density at radius 1 is 0.947 bits per heavy atom. The molecule has 0 spiro atoms. The van der Waals surface area contributed by atoms with Crippen LogP contribution in [0.25, 0.3) is 0 Å². The van der Waals surface area contributed by atoms with E-state index in [1.54, 1.807) is 7.11 Å². The van der Waals surface area contributed by atoms with Crippen LogP contribution in [-0.4, -0.2) is 7.11 Å². The fourth-order valence-corrected chi connectivity index (χ4v) is 2.24. The van der Waals surface area contributed by atoms with Crippen molar-refractivity contribution in [3.63, 3.8) is 0 Å². The van der Waals surface area contributed by atoms with Crippen molar-refractivity contribution < 1.29 is 4.74 Å². The predicted molar refractivity (Wildman–Crippen MR) is 77.4 cm³/mol. The molecule has 0 heterocycles. The summed E-state index contributed by atoms with van der Waals surface area (Å²) in [6.07, 6.45) is -0.117. The minimum Gasteiger partial charge on any atom is -0.375 e. The zero-order valence-corrected chi connectivity index (χ0v) is 11.3. The van der Waals surface area contributed by atoms with E-state index in [2.05, 4.69) is 36.6 Å². The standard InChI is InChI=1S/C16H20N2O/c1-12-8-10-13(11-9-12)15(18-17)16(19-2)14-6-4-3-5-7-14/h3-11,15-16,18H,17H2,1-2H3. The second kappa shape index (κ2) is 6.48. The zero-order valence-electron chi connectivity index (χ0n) is 11.3. The molecule has 0 fully saturated rings. The minimum absolute atomic E-state index is 0.0759. The monoisotopic (exact) mass is 256 g/mol. The summed E-state index contributed by atoms with van der Waals surface area (Å²) in [5.74, 6) is 5.73. The Morgan fingerprint density at radius 2 is 1.58 bits per heavy atom. The summed E-state index contributed by atoms with van der Waals surface area (Å²) in [6, 6.07) is 18.3. The van der Waals surface area contributed by atoms with Crippen LogP contribution < -0.4 is 11.3 Å². The van der Waals surface area contributed by atoms with Gasteiger partial charge < -0.3 is 4.74 Å². The number of benzene rings is 2. The van der Waals surface area contributed by atoms with Crippen LogP contribution in [0.4, 0.5) is 0 Å². The van der Waals surface area contributed by atoms with Gasteiger partial charge >= 0.3 is 0 Å². The summed E-state index contributed by atoms with van der Waals surface area (Å²) in [5, 5.41) is 0. The summed E-state index contributed by atoms with van der Waals surface area (Å²) >= 11 is 0. The molecule has 3 heteroatoms. The van der Waals surface area contributed by atoms with Gasteiger partial charge in [0.15, 0.2) is 0 Å². The van der Waals surface area contributed by atoms with Gasteiger partial charge in [-0.2, -0.15) is 0 Å². The Hall–Kier alpha value is -1.68. The highest BCUT2D eigenvalue weighted by atomic mass is 16.5. The van der Waals surface area contributed by atoms with E-state index < -0.39 is 0 Å². The third-order valence-corrected chi connectivity index (χ3v) is 3.30. The molecule has 0 saturated heterocycles. The molecule has 0 saturated carbocycles. The summed E-state index contributed by atoms with van der Waals surface area (Å²) in [5.41, 5.74) is 6.31. The molecule has 0 aliphatic rings. The van der Waals surface area contributed by atoms with Crippen molar-refractivity contribution in [1.82, 2.24) is 5.43 Å². The van der Waals surface area contributed by atoms with E-state index in [1.807, 2.05) is 30.3 Å². The molecular formula is C16H20N2O. The lowest BCUT2D eigenvalue weighted by atomic mass is 9.95. The lowest BCUT2D eigenvalue weighted by Crippen LogP contribution is -2.33. The van der Waals surface area contributed by atoms with Gasteiger partial charge in [0.2, 0.25) is 0 Å². The van der Waals surface area contributed by atoms with E-state index >= 15 is 0 Å². The maximum absolute atomic E-state index is 5.73. The first kappa shape index (κ1) is 13.7. The highest BCUT2D eigenvalue weighted by molar-refractivity contribution is 5.28. The lowest BCUT2D eigenvalue weighted by molar-refractivity contribution is 0.0676. The number of methoxy groups -OCH3 is 1. The van der Waals surface area contributed by atoms with Crippen molar-refractivity contribution in [2.75, 3.05) is 7.11 Å². The zero-order chi connectivity index (χ0) is 13.7. The largest absolute Gasteiger partial charge is 0.375 e. The Kier molecular flexibility index (Phi) is 4.68. The summed E-state index contributed by atoms with van der Waals surface area (Å²) in [4.78, 5) is 0. The topological polar surface area (TPSA) is 47.3 Å². The van der Waals surface area contributed by atoms with Crippen LogP contribution in [0.3, 0.4) is 0 Å². The average molecular weight is 256 g/mol. The van der Waals surface area contributed by atoms with Gasteiger partial charge in [0.05, 0.1) is 6.04 Å². The van der Waals surface area contributed by atoms with Crippen LogP contribution in [0.2, 0.25) is 0 Å². The number of rotatable bonds is 5. The molecule has 2 aromatic rings. The predicted octanol–water partition coefficient (Wildman–Crippen LogP) is 2.89. The fraction of sp³-hybridized carbons (Fsp3) is 0.250. The average Bonchev–Trinajstić information content (AvgIpc) is 2.47. The number of hydrazine groups is 1. The Morgan fingerprint density at radius 3 is 2.11 bits per heavy atom. The van der Waals surface area contributed by atoms with Crippen molar-refractivity contribution in [3.8, 4) is 0 Å². The van der Waals surface area contributed by atoms with Crippen LogP contribution in [0.15, 0.2) is 54.6 Å². The first-order chi connectivity index (χ1) is 9.26. The van der Waals surface area contributed by atoms with Crippen molar-refractivity contribution in [2.45, 2.75) is 19.1 Å². The molecule has 0 amide bonds. The van der Waals surface area contributed by atoms with Crippen LogP contribution >= 0.6 is 0 Å². The third-order valence-electron chi connectivity index (χ3n) is 3.30. The summed E-state index contributed by atoms with van der Waals surface area (Å²) in [6.45, 7) is 2.07. The van der Waals surface area contributed by atoms with Gasteiger partial charge in [0.1, 0.15) is 6.10 Å². The van der Waals surface area contributed by atoms with E-state index in [-0.39, 0.29) is 12.1 Å². The smallest absolute Gasteiger partial charge is 0.103 e. The number of ether oxygens (including phenoxy) is 1. The van der Waals surface area contributed by atoms with Crippen LogP contribution in [0, 0.1) is 6.92 Å². The lowest BCUT2D eigenvalue weighted by Gasteiger charge is -2.26. The Bertz CT molecular complexity index is 496. The Balaban J connectivity index is 2.31. The number of nitrogens with one attached hydrogen (secondary N) is 1. The molecule has 0 radical (unpaired) electrons. The molecule has 2 aromatic carbocycles. The van der Waals surface area contributed by atoms with Gasteiger partial charge in [-0.05, 0) is 18.1 Å². The molecule has 2 atom stereocenters. The van der Waals surface area contributed by atoms with Crippen LogP contribution in [-0.2, 0) is 4.74 Å². The molecule has 100 valence electrons. The number of nitrogens with two attached hydrogens (primary N) is 1. The highest BCUT2D eigenvalue weighted by Gasteiger charge is 2.23. The van der Waals surface area contributed by atoms with E-state index in [9.17, 15) is 0 Å².